The van der Waals surface area contributed by atoms with Gasteiger partial charge in [-0.05, 0) is 44.0 Å². The number of nitrogens with zero attached hydrogens (tertiary/aromatic N) is 3. The van der Waals surface area contributed by atoms with Gasteiger partial charge in [0.05, 0.1) is 23.5 Å². The first-order valence-corrected chi connectivity index (χ1v) is 10.4. The van der Waals surface area contributed by atoms with Gasteiger partial charge in [0.25, 0.3) is 0 Å². The third-order valence-electron chi connectivity index (χ3n) is 3.73. The Morgan fingerprint density at radius 2 is 1.68 bits per heavy atom. The Morgan fingerprint density at radius 3 is 2.08 bits per heavy atom. The summed E-state index contributed by atoms with van der Waals surface area (Å²) in [5.74, 6) is 9.38. The lowest BCUT2D eigenvalue weighted by atomic mass is 10.1. The van der Waals surface area contributed by atoms with Crippen LogP contribution in [0.1, 0.15) is 39.2 Å². The van der Waals surface area contributed by atoms with Gasteiger partial charge in [-0.3, -0.25) is 9.30 Å². The van der Waals surface area contributed by atoms with Crippen molar-refractivity contribution in [3.63, 3.8) is 0 Å². The SMILES string of the molecule is C=C.C=S(=C)(c1ccc(C#N)cc1)N1CCC(N=C(C)N)CC1.CC. The topological polar surface area (TPSA) is 65.4 Å². The first-order valence-electron chi connectivity index (χ1n) is 8.48. The third-order valence-corrected chi connectivity index (χ3v) is 6.23. The van der Waals surface area contributed by atoms with Gasteiger partial charge < -0.3 is 5.73 Å². The molecule has 1 fully saturated rings. The van der Waals surface area contributed by atoms with Crippen LogP contribution in [0.3, 0.4) is 0 Å². The van der Waals surface area contributed by atoms with Gasteiger partial charge in [-0.1, -0.05) is 25.6 Å². The number of aliphatic imine (C=N–C) groups is 1. The molecule has 0 unspecified atom stereocenters. The predicted molar refractivity (Wildman–Crippen MR) is 116 cm³/mol. The molecule has 1 aromatic carbocycles. The fraction of sp³-hybridized carbons (Fsp3) is 0.400. The minimum Gasteiger partial charge on any atom is -0.388 e. The highest BCUT2D eigenvalue weighted by atomic mass is 32.2. The molecule has 1 heterocycles. The molecule has 0 spiro atoms. The van der Waals surface area contributed by atoms with Crippen molar-refractivity contribution in [2.24, 2.45) is 10.7 Å². The molecule has 138 valence electrons. The second-order valence-corrected chi connectivity index (χ2v) is 8.08. The van der Waals surface area contributed by atoms with E-state index in [2.05, 4.69) is 40.3 Å². The van der Waals surface area contributed by atoms with Gasteiger partial charge in [0, 0.05) is 18.0 Å². The summed E-state index contributed by atoms with van der Waals surface area (Å²) in [7, 11) is -1.49. The quantitative estimate of drug-likeness (QED) is 0.381. The second-order valence-electron chi connectivity index (χ2n) is 5.41. The van der Waals surface area contributed by atoms with Crippen LogP contribution in [0.4, 0.5) is 0 Å². The number of nitrogens with two attached hydrogens (primary N) is 1. The Hall–Kier alpha value is -2.03. The van der Waals surface area contributed by atoms with E-state index in [9.17, 15) is 0 Å². The lowest BCUT2D eigenvalue weighted by Crippen LogP contribution is -2.33. The molecule has 25 heavy (non-hydrogen) atoms. The number of benzene rings is 1. The Morgan fingerprint density at radius 1 is 1.20 bits per heavy atom. The van der Waals surface area contributed by atoms with E-state index in [4.69, 9.17) is 11.0 Å². The van der Waals surface area contributed by atoms with Crippen LogP contribution in [-0.2, 0) is 0 Å². The van der Waals surface area contributed by atoms with Gasteiger partial charge in [-0.15, -0.1) is 22.6 Å². The van der Waals surface area contributed by atoms with Gasteiger partial charge in [0.1, 0.15) is 0 Å². The van der Waals surface area contributed by atoms with Crippen LogP contribution in [0.2, 0.25) is 0 Å². The maximum absolute atomic E-state index is 8.87. The van der Waals surface area contributed by atoms with Gasteiger partial charge in [-0.25, -0.2) is 0 Å². The number of amidine groups is 1. The smallest absolute Gasteiger partial charge is 0.0991 e. The number of nitriles is 1. The van der Waals surface area contributed by atoms with E-state index >= 15 is 0 Å². The molecule has 0 aliphatic carbocycles. The van der Waals surface area contributed by atoms with Crippen molar-refractivity contribution < 1.29 is 0 Å². The van der Waals surface area contributed by atoms with E-state index in [1.807, 2.05) is 45.0 Å². The molecule has 0 saturated carbocycles. The molecule has 2 N–H and O–H groups in total. The maximum Gasteiger partial charge on any atom is 0.0991 e. The molecular weight excluding hydrogens is 328 g/mol. The first kappa shape index (κ1) is 23.0. The Labute approximate surface area is 154 Å². The molecule has 0 bridgehead atoms. The van der Waals surface area contributed by atoms with Crippen molar-refractivity contribution in [2.75, 3.05) is 13.1 Å². The minimum absolute atomic E-state index is 0.322. The highest BCUT2D eigenvalue weighted by molar-refractivity contribution is 8.25. The summed E-state index contributed by atoms with van der Waals surface area (Å²) in [6.45, 7) is 13.7. The van der Waals surface area contributed by atoms with Crippen LogP contribution in [-0.4, -0.2) is 41.0 Å². The molecule has 5 heteroatoms. The monoisotopic (exact) mass is 360 g/mol. The van der Waals surface area contributed by atoms with Crippen LogP contribution >= 0.6 is 9.39 Å². The Balaban J connectivity index is 0.00000134. The van der Waals surface area contributed by atoms with Gasteiger partial charge in [0.2, 0.25) is 0 Å². The number of hydrogen-bond acceptors (Lipinski definition) is 3. The summed E-state index contributed by atoms with van der Waals surface area (Å²) in [6, 6.07) is 10.1. The van der Waals surface area contributed by atoms with E-state index in [-0.39, 0.29) is 0 Å². The maximum atomic E-state index is 8.87. The van der Waals surface area contributed by atoms with Gasteiger partial charge >= 0.3 is 0 Å². The molecule has 1 saturated heterocycles. The van der Waals surface area contributed by atoms with E-state index in [0.29, 0.717) is 17.4 Å². The molecular formula is C20H32N4S. The summed E-state index contributed by atoms with van der Waals surface area (Å²) >= 11 is 0. The molecule has 2 rings (SSSR count). The normalized spacial score (nSPS) is 15.8. The molecule has 1 aliphatic heterocycles. The van der Waals surface area contributed by atoms with Gasteiger partial charge in [-0.2, -0.15) is 5.26 Å². The third kappa shape index (κ3) is 6.77. The van der Waals surface area contributed by atoms with Crippen LogP contribution < -0.4 is 5.73 Å². The Bertz CT molecular complexity index is 669. The fourth-order valence-corrected chi connectivity index (χ4v) is 4.39. The van der Waals surface area contributed by atoms with Crippen LogP contribution in [0.5, 0.6) is 0 Å². The highest BCUT2D eigenvalue weighted by Gasteiger charge is 2.22. The molecule has 0 atom stereocenters. The predicted octanol–water partition coefficient (Wildman–Crippen LogP) is 4.17. The average Bonchev–Trinajstić information content (AvgIpc) is 2.65. The van der Waals surface area contributed by atoms with E-state index < -0.39 is 9.39 Å². The van der Waals surface area contributed by atoms with Crippen LogP contribution in [0, 0.1) is 11.3 Å². The van der Waals surface area contributed by atoms with E-state index in [1.165, 1.54) is 0 Å². The summed E-state index contributed by atoms with van der Waals surface area (Å²) in [5, 5.41) is 8.87. The minimum atomic E-state index is -1.49. The van der Waals surface area contributed by atoms with E-state index in [0.717, 1.165) is 30.8 Å². The zero-order valence-electron chi connectivity index (χ0n) is 15.9. The zero-order valence-corrected chi connectivity index (χ0v) is 16.7. The van der Waals surface area contributed by atoms with Crippen molar-refractivity contribution in [1.29, 1.82) is 5.26 Å². The zero-order chi connectivity index (χ0) is 19.5. The van der Waals surface area contributed by atoms with Crippen molar-refractivity contribution in [3.05, 3.63) is 43.0 Å². The number of piperidine rings is 1. The standard InChI is InChI=1S/C16H22N4S.C2H6.C2H4/c1-13(18)19-15-8-10-20(11-9-15)21(2,3)16-6-4-14(12-17)5-7-16;2*1-2/h4-7,15H,2-3,8-11H2,1H3,(H2,18,19);1-2H3;1-2H2. The summed E-state index contributed by atoms with van der Waals surface area (Å²) < 4.78 is 2.35. The first-order chi connectivity index (χ1) is 11.9. The molecule has 0 aromatic heterocycles. The Kier molecular flexibility index (Phi) is 10.6. The van der Waals surface area contributed by atoms with E-state index in [1.54, 1.807) is 0 Å². The van der Waals surface area contributed by atoms with Crippen LogP contribution in [0.25, 0.3) is 0 Å². The van der Waals surface area contributed by atoms with Crippen LogP contribution in [0.15, 0.2) is 47.3 Å². The lowest BCUT2D eigenvalue weighted by molar-refractivity contribution is 0.346. The lowest BCUT2D eigenvalue weighted by Gasteiger charge is -2.36. The summed E-state index contributed by atoms with van der Waals surface area (Å²) in [5.41, 5.74) is 6.32. The van der Waals surface area contributed by atoms with Crippen molar-refractivity contribution in [2.45, 2.75) is 44.6 Å². The highest BCUT2D eigenvalue weighted by Crippen LogP contribution is 2.38. The summed E-state index contributed by atoms with van der Waals surface area (Å²) in [4.78, 5) is 5.56. The van der Waals surface area contributed by atoms with Gasteiger partial charge in [0.15, 0.2) is 0 Å². The number of hydrogen-bond donors (Lipinski definition) is 1. The van der Waals surface area contributed by atoms with Crippen molar-refractivity contribution >= 4 is 27.0 Å². The molecule has 0 amide bonds. The fourth-order valence-electron chi connectivity index (χ4n) is 2.54. The summed E-state index contributed by atoms with van der Waals surface area (Å²) in [6.07, 6.45) is 1.98. The molecule has 1 aliphatic rings. The largest absolute Gasteiger partial charge is 0.388 e. The van der Waals surface area contributed by atoms with Crippen molar-refractivity contribution in [3.8, 4) is 6.07 Å². The molecule has 0 radical (unpaired) electrons. The molecule has 4 nitrogen and oxygen atoms in total. The second kappa shape index (κ2) is 11.5. The molecule has 1 aromatic rings. The average molecular weight is 361 g/mol. The van der Waals surface area contributed by atoms with Crippen molar-refractivity contribution in [1.82, 2.24) is 4.31 Å². The number of rotatable bonds is 3.